The van der Waals surface area contributed by atoms with Gasteiger partial charge in [0.2, 0.25) is 5.91 Å². The van der Waals surface area contributed by atoms with Gasteiger partial charge in [0.1, 0.15) is 11.5 Å². The minimum absolute atomic E-state index is 0.0693. The zero-order valence-electron chi connectivity index (χ0n) is 14.3. The Morgan fingerprint density at radius 1 is 1.23 bits per heavy atom. The predicted molar refractivity (Wildman–Crippen MR) is 97.7 cm³/mol. The first-order valence-corrected chi connectivity index (χ1v) is 8.19. The second kappa shape index (κ2) is 8.88. The number of anilines is 1. The van der Waals surface area contributed by atoms with Crippen molar-refractivity contribution in [3.05, 3.63) is 53.1 Å². The Hall–Kier alpha value is -3.04. The van der Waals surface area contributed by atoms with E-state index in [0.717, 1.165) is 0 Å². The van der Waals surface area contributed by atoms with Crippen LogP contribution in [-0.4, -0.2) is 25.4 Å². The van der Waals surface area contributed by atoms with Crippen LogP contribution in [0.2, 0.25) is 5.02 Å². The number of nitrogens with zero attached hydrogens (tertiary/aromatic N) is 1. The highest BCUT2D eigenvalue weighted by Crippen LogP contribution is 2.27. The molecule has 0 spiro atoms. The van der Waals surface area contributed by atoms with Gasteiger partial charge in [-0.05, 0) is 37.3 Å². The van der Waals surface area contributed by atoms with E-state index in [1.54, 1.807) is 36.4 Å². The Morgan fingerprint density at radius 3 is 2.62 bits per heavy atom. The molecule has 0 heterocycles. The van der Waals surface area contributed by atoms with Crippen LogP contribution in [0.5, 0.6) is 11.5 Å². The molecule has 0 aliphatic carbocycles. The Kier molecular flexibility index (Phi) is 6.59. The van der Waals surface area contributed by atoms with Crippen LogP contribution >= 0.6 is 11.6 Å². The number of nitriles is 1. The number of nitrogens with one attached hydrogen (secondary N) is 1. The zero-order valence-corrected chi connectivity index (χ0v) is 15.0. The number of methoxy groups -OCH3 is 1. The Labute approximate surface area is 156 Å². The number of Topliss-reactive ketones (excluding diaryl/α,β-unsaturated/α-hetero) is 1. The summed E-state index contributed by atoms with van der Waals surface area (Å²) in [6.45, 7) is 2.22. The molecule has 0 aromatic heterocycles. The standard InChI is InChI=1S/C19H17ClN2O4/c1-3-26-17-7-5-4-6-15(17)22-19(24)14(11-21)18(23)13-10-12(20)8-9-16(13)25-2/h4-10,14H,3H2,1-2H3,(H,22,24). The summed E-state index contributed by atoms with van der Waals surface area (Å²) in [7, 11) is 1.39. The lowest BCUT2D eigenvalue weighted by molar-refractivity contribution is -0.117. The Morgan fingerprint density at radius 2 is 1.96 bits per heavy atom. The van der Waals surface area contributed by atoms with E-state index in [-0.39, 0.29) is 11.3 Å². The molecule has 0 fully saturated rings. The number of ketones is 1. The van der Waals surface area contributed by atoms with Gasteiger partial charge in [-0.2, -0.15) is 5.26 Å². The number of amides is 1. The van der Waals surface area contributed by atoms with E-state index in [2.05, 4.69) is 5.32 Å². The average molecular weight is 373 g/mol. The Balaban J connectivity index is 2.29. The second-order valence-electron chi connectivity index (χ2n) is 5.19. The molecule has 0 bridgehead atoms. The molecule has 26 heavy (non-hydrogen) atoms. The molecule has 0 aliphatic heterocycles. The number of ether oxygens (including phenoxy) is 2. The lowest BCUT2D eigenvalue weighted by Gasteiger charge is -2.14. The van der Waals surface area contributed by atoms with Crippen molar-refractivity contribution in [1.29, 1.82) is 5.26 Å². The van der Waals surface area contributed by atoms with Crippen LogP contribution in [0.15, 0.2) is 42.5 Å². The van der Waals surface area contributed by atoms with Gasteiger partial charge in [0, 0.05) is 5.02 Å². The summed E-state index contributed by atoms with van der Waals surface area (Å²) in [6, 6.07) is 12.9. The van der Waals surface area contributed by atoms with Crippen LogP contribution in [-0.2, 0) is 4.79 Å². The fourth-order valence-electron chi connectivity index (χ4n) is 2.32. The van der Waals surface area contributed by atoms with Crippen LogP contribution in [0.25, 0.3) is 0 Å². The highest BCUT2D eigenvalue weighted by atomic mass is 35.5. The monoisotopic (exact) mass is 372 g/mol. The first-order valence-electron chi connectivity index (χ1n) is 7.81. The third-order valence-electron chi connectivity index (χ3n) is 3.53. The number of benzene rings is 2. The van der Waals surface area contributed by atoms with Crippen molar-refractivity contribution in [2.24, 2.45) is 5.92 Å². The third kappa shape index (κ3) is 4.32. The fraction of sp³-hybridized carbons (Fsp3) is 0.211. The molecule has 0 saturated heterocycles. The van der Waals surface area contributed by atoms with Crippen LogP contribution < -0.4 is 14.8 Å². The predicted octanol–water partition coefficient (Wildman–Crippen LogP) is 3.71. The normalized spacial score (nSPS) is 11.2. The summed E-state index contributed by atoms with van der Waals surface area (Å²) in [5.41, 5.74) is 0.449. The van der Waals surface area contributed by atoms with Crippen LogP contribution in [0.3, 0.4) is 0 Å². The van der Waals surface area contributed by atoms with Gasteiger partial charge >= 0.3 is 0 Å². The molecule has 1 amide bonds. The summed E-state index contributed by atoms with van der Waals surface area (Å²) in [4.78, 5) is 25.2. The van der Waals surface area contributed by atoms with Gasteiger partial charge in [0.25, 0.3) is 0 Å². The van der Waals surface area contributed by atoms with Crippen molar-refractivity contribution >= 4 is 29.0 Å². The summed E-state index contributed by atoms with van der Waals surface area (Å²) in [5.74, 6) is -2.32. The molecular formula is C19H17ClN2O4. The van der Waals surface area contributed by atoms with Gasteiger partial charge in [-0.3, -0.25) is 9.59 Å². The van der Waals surface area contributed by atoms with Gasteiger partial charge in [-0.15, -0.1) is 0 Å². The topological polar surface area (TPSA) is 88.4 Å². The van der Waals surface area contributed by atoms with Crippen molar-refractivity contribution in [3.8, 4) is 17.6 Å². The number of carbonyl (C=O) groups is 2. The van der Waals surface area contributed by atoms with Crippen LogP contribution in [0.1, 0.15) is 17.3 Å². The molecule has 0 radical (unpaired) electrons. The molecular weight excluding hydrogens is 356 g/mol. The Bertz CT molecular complexity index is 861. The smallest absolute Gasteiger partial charge is 0.249 e. The van der Waals surface area contributed by atoms with Gasteiger partial charge in [0.15, 0.2) is 11.7 Å². The summed E-state index contributed by atoms with van der Waals surface area (Å²) < 4.78 is 10.6. The molecule has 134 valence electrons. The quantitative estimate of drug-likeness (QED) is 0.591. The summed E-state index contributed by atoms with van der Waals surface area (Å²) >= 11 is 5.92. The van der Waals surface area contributed by atoms with Crippen molar-refractivity contribution < 1.29 is 19.1 Å². The number of hydrogen-bond donors (Lipinski definition) is 1. The maximum absolute atomic E-state index is 12.7. The SMILES string of the molecule is CCOc1ccccc1NC(=O)C(C#N)C(=O)c1cc(Cl)ccc1OC. The lowest BCUT2D eigenvalue weighted by Crippen LogP contribution is -2.29. The highest BCUT2D eigenvalue weighted by molar-refractivity contribution is 6.31. The van der Waals surface area contributed by atoms with E-state index >= 15 is 0 Å². The molecule has 0 aliphatic rings. The molecule has 0 saturated carbocycles. The molecule has 6 nitrogen and oxygen atoms in total. The van der Waals surface area contributed by atoms with Crippen molar-refractivity contribution in [1.82, 2.24) is 0 Å². The first-order chi connectivity index (χ1) is 12.5. The van der Waals surface area contributed by atoms with Crippen molar-refractivity contribution in [3.63, 3.8) is 0 Å². The lowest BCUT2D eigenvalue weighted by atomic mass is 9.97. The minimum atomic E-state index is -1.56. The van der Waals surface area contributed by atoms with E-state index in [1.165, 1.54) is 19.2 Å². The van der Waals surface area contributed by atoms with Gasteiger partial charge < -0.3 is 14.8 Å². The van der Waals surface area contributed by atoms with E-state index in [0.29, 0.717) is 23.1 Å². The number of hydrogen-bond acceptors (Lipinski definition) is 5. The minimum Gasteiger partial charge on any atom is -0.496 e. The largest absolute Gasteiger partial charge is 0.496 e. The average Bonchev–Trinajstić information content (AvgIpc) is 2.64. The van der Waals surface area contributed by atoms with E-state index in [9.17, 15) is 14.9 Å². The molecule has 1 N–H and O–H groups in total. The summed E-state index contributed by atoms with van der Waals surface area (Å²) in [5, 5.41) is 12.2. The highest BCUT2D eigenvalue weighted by Gasteiger charge is 2.30. The van der Waals surface area contributed by atoms with E-state index < -0.39 is 17.6 Å². The first kappa shape index (κ1) is 19.3. The molecule has 7 heteroatoms. The number of para-hydroxylation sites is 2. The molecule has 1 unspecified atom stereocenters. The van der Waals surface area contributed by atoms with E-state index in [1.807, 2.05) is 6.92 Å². The molecule has 2 aromatic rings. The van der Waals surface area contributed by atoms with Gasteiger partial charge in [-0.1, -0.05) is 23.7 Å². The van der Waals surface area contributed by atoms with Crippen molar-refractivity contribution in [2.45, 2.75) is 6.92 Å². The maximum Gasteiger partial charge on any atom is 0.249 e. The van der Waals surface area contributed by atoms with Gasteiger partial charge in [-0.25, -0.2) is 0 Å². The molecule has 1 atom stereocenters. The second-order valence-corrected chi connectivity index (χ2v) is 5.63. The zero-order chi connectivity index (χ0) is 19.1. The van der Waals surface area contributed by atoms with Gasteiger partial charge in [0.05, 0.1) is 31.0 Å². The molecule has 2 aromatic carbocycles. The molecule has 2 rings (SSSR count). The van der Waals surface area contributed by atoms with Crippen LogP contribution in [0.4, 0.5) is 5.69 Å². The fourth-order valence-corrected chi connectivity index (χ4v) is 2.49. The van der Waals surface area contributed by atoms with Crippen molar-refractivity contribution in [2.75, 3.05) is 19.0 Å². The maximum atomic E-state index is 12.7. The summed E-state index contributed by atoms with van der Waals surface area (Å²) in [6.07, 6.45) is 0. The number of carbonyl (C=O) groups excluding carboxylic acids is 2. The van der Waals surface area contributed by atoms with Crippen LogP contribution in [0, 0.1) is 17.2 Å². The number of rotatable bonds is 7. The number of halogens is 1. The third-order valence-corrected chi connectivity index (χ3v) is 3.76. The van der Waals surface area contributed by atoms with E-state index in [4.69, 9.17) is 21.1 Å².